The molecular formula is C16H20N2O. The highest BCUT2D eigenvalue weighted by Gasteiger charge is 2.00. The molecule has 1 amide bonds. The average molecular weight is 256 g/mol. The van der Waals surface area contributed by atoms with Gasteiger partial charge in [0.05, 0.1) is 6.54 Å². The molecule has 0 heterocycles. The zero-order valence-electron chi connectivity index (χ0n) is 11.3. The summed E-state index contributed by atoms with van der Waals surface area (Å²) in [4.78, 5) is 11.4. The van der Waals surface area contributed by atoms with Gasteiger partial charge in [0.25, 0.3) is 0 Å². The van der Waals surface area contributed by atoms with Gasteiger partial charge in [0.1, 0.15) is 0 Å². The number of hydrogen-bond acceptors (Lipinski definition) is 2. The van der Waals surface area contributed by atoms with Gasteiger partial charge >= 0.3 is 0 Å². The summed E-state index contributed by atoms with van der Waals surface area (Å²) in [6, 6.07) is 14.7. The van der Waals surface area contributed by atoms with E-state index >= 15 is 0 Å². The monoisotopic (exact) mass is 256 g/mol. The quantitative estimate of drug-likeness (QED) is 0.833. The minimum atomic E-state index is 0.0580. The molecule has 0 aromatic heterocycles. The SMILES string of the molecule is CCCNC(=O)CNCc1ccc2ccccc2c1. The Balaban J connectivity index is 1.86. The summed E-state index contributed by atoms with van der Waals surface area (Å²) < 4.78 is 0. The Kier molecular flexibility index (Phi) is 4.93. The maximum absolute atomic E-state index is 11.4. The van der Waals surface area contributed by atoms with Crippen molar-refractivity contribution in [2.24, 2.45) is 0 Å². The van der Waals surface area contributed by atoms with E-state index in [-0.39, 0.29) is 5.91 Å². The normalized spacial score (nSPS) is 10.6. The summed E-state index contributed by atoms with van der Waals surface area (Å²) in [5.74, 6) is 0.0580. The van der Waals surface area contributed by atoms with Gasteiger partial charge < -0.3 is 10.6 Å². The van der Waals surface area contributed by atoms with Crippen molar-refractivity contribution in [3.05, 3.63) is 48.0 Å². The number of amides is 1. The van der Waals surface area contributed by atoms with E-state index < -0.39 is 0 Å². The molecule has 0 saturated carbocycles. The standard InChI is InChI=1S/C16H20N2O/c1-2-9-18-16(19)12-17-11-13-7-8-14-5-3-4-6-15(14)10-13/h3-8,10,17H,2,9,11-12H2,1H3,(H,18,19). The molecule has 2 aromatic carbocycles. The summed E-state index contributed by atoms with van der Waals surface area (Å²) in [5, 5.41) is 8.49. The fourth-order valence-corrected chi connectivity index (χ4v) is 2.00. The van der Waals surface area contributed by atoms with Gasteiger partial charge in [-0.3, -0.25) is 4.79 Å². The Bertz CT molecular complexity index is 551. The highest BCUT2D eigenvalue weighted by Crippen LogP contribution is 2.15. The van der Waals surface area contributed by atoms with E-state index in [0.717, 1.165) is 13.0 Å². The van der Waals surface area contributed by atoms with Crippen LogP contribution in [0.5, 0.6) is 0 Å². The van der Waals surface area contributed by atoms with Crippen LogP contribution in [0.25, 0.3) is 10.8 Å². The molecule has 0 fully saturated rings. The van der Waals surface area contributed by atoms with Crippen LogP contribution in [0.3, 0.4) is 0 Å². The van der Waals surface area contributed by atoms with E-state index in [1.54, 1.807) is 0 Å². The molecule has 0 bridgehead atoms. The number of rotatable bonds is 6. The van der Waals surface area contributed by atoms with Gasteiger partial charge in [0.2, 0.25) is 5.91 Å². The minimum Gasteiger partial charge on any atom is -0.355 e. The van der Waals surface area contributed by atoms with Crippen LogP contribution in [-0.4, -0.2) is 19.0 Å². The molecule has 3 heteroatoms. The number of carbonyl (C=O) groups is 1. The predicted octanol–water partition coefficient (Wildman–Crippen LogP) is 2.46. The maximum Gasteiger partial charge on any atom is 0.233 e. The molecule has 2 rings (SSSR count). The summed E-state index contributed by atoms with van der Waals surface area (Å²) >= 11 is 0. The van der Waals surface area contributed by atoms with E-state index in [9.17, 15) is 4.79 Å². The summed E-state index contributed by atoms with van der Waals surface area (Å²) in [7, 11) is 0. The maximum atomic E-state index is 11.4. The van der Waals surface area contributed by atoms with Crippen molar-refractivity contribution in [2.45, 2.75) is 19.9 Å². The smallest absolute Gasteiger partial charge is 0.233 e. The first-order valence-electron chi connectivity index (χ1n) is 6.74. The van der Waals surface area contributed by atoms with Crippen LogP contribution >= 0.6 is 0 Å². The first-order valence-corrected chi connectivity index (χ1v) is 6.74. The summed E-state index contributed by atoms with van der Waals surface area (Å²) in [5.41, 5.74) is 1.20. The molecule has 2 N–H and O–H groups in total. The van der Waals surface area contributed by atoms with Crippen molar-refractivity contribution in [1.82, 2.24) is 10.6 Å². The van der Waals surface area contributed by atoms with Crippen molar-refractivity contribution in [3.63, 3.8) is 0 Å². The second-order valence-electron chi connectivity index (χ2n) is 4.64. The Morgan fingerprint density at radius 3 is 2.68 bits per heavy atom. The van der Waals surface area contributed by atoms with Crippen molar-refractivity contribution >= 4 is 16.7 Å². The van der Waals surface area contributed by atoms with Gasteiger partial charge in [0.15, 0.2) is 0 Å². The number of fused-ring (bicyclic) bond motifs is 1. The van der Waals surface area contributed by atoms with E-state index in [2.05, 4.69) is 41.0 Å². The zero-order valence-corrected chi connectivity index (χ0v) is 11.3. The number of benzene rings is 2. The van der Waals surface area contributed by atoms with Crippen LogP contribution in [0.1, 0.15) is 18.9 Å². The first kappa shape index (κ1) is 13.6. The lowest BCUT2D eigenvalue weighted by Crippen LogP contribution is -2.33. The number of nitrogens with one attached hydrogen (secondary N) is 2. The number of hydrogen-bond donors (Lipinski definition) is 2. The van der Waals surface area contributed by atoms with Crippen LogP contribution in [0.15, 0.2) is 42.5 Å². The Morgan fingerprint density at radius 2 is 1.89 bits per heavy atom. The second-order valence-corrected chi connectivity index (χ2v) is 4.64. The largest absolute Gasteiger partial charge is 0.355 e. The van der Waals surface area contributed by atoms with Crippen LogP contribution in [-0.2, 0) is 11.3 Å². The van der Waals surface area contributed by atoms with Gasteiger partial charge in [-0.05, 0) is 28.8 Å². The highest BCUT2D eigenvalue weighted by molar-refractivity contribution is 5.83. The van der Waals surface area contributed by atoms with Gasteiger partial charge in [-0.1, -0.05) is 43.3 Å². The fourth-order valence-electron chi connectivity index (χ4n) is 2.00. The van der Waals surface area contributed by atoms with Gasteiger partial charge in [0, 0.05) is 13.1 Å². The molecule has 0 aliphatic rings. The topological polar surface area (TPSA) is 41.1 Å². The average Bonchev–Trinajstić information content (AvgIpc) is 2.45. The molecular weight excluding hydrogens is 236 g/mol. The molecule has 0 atom stereocenters. The Hall–Kier alpha value is -1.87. The molecule has 0 aliphatic carbocycles. The Labute approximate surface area is 114 Å². The molecule has 0 saturated heterocycles. The molecule has 0 unspecified atom stereocenters. The Morgan fingerprint density at radius 1 is 1.11 bits per heavy atom. The number of carbonyl (C=O) groups excluding carboxylic acids is 1. The van der Waals surface area contributed by atoms with E-state index in [4.69, 9.17) is 0 Å². The summed E-state index contributed by atoms with van der Waals surface area (Å²) in [6.07, 6.45) is 0.969. The van der Waals surface area contributed by atoms with Crippen molar-refractivity contribution in [3.8, 4) is 0 Å². The molecule has 3 nitrogen and oxygen atoms in total. The lowest BCUT2D eigenvalue weighted by atomic mass is 10.1. The van der Waals surface area contributed by atoms with Crippen LogP contribution in [0.4, 0.5) is 0 Å². The third-order valence-corrected chi connectivity index (χ3v) is 3.00. The lowest BCUT2D eigenvalue weighted by molar-refractivity contribution is -0.120. The van der Waals surface area contributed by atoms with Crippen molar-refractivity contribution in [2.75, 3.05) is 13.1 Å². The molecule has 0 spiro atoms. The predicted molar refractivity (Wildman–Crippen MR) is 79.0 cm³/mol. The first-order chi connectivity index (χ1) is 9.29. The molecule has 0 aliphatic heterocycles. The third kappa shape index (κ3) is 4.07. The van der Waals surface area contributed by atoms with E-state index in [1.165, 1.54) is 16.3 Å². The third-order valence-electron chi connectivity index (χ3n) is 3.00. The van der Waals surface area contributed by atoms with Crippen molar-refractivity contribution < 1.29 is 4.79 Å². The molecule has 2 aromatic rings. The van der Waals surface area contributed by atoms with Crippen molar-refractivity contribution in [1.29, 1.82) is 0 Å². The zero-order chi connectivity index (χ0) is 13.5. The highest BCUT2D eigenvalue weighted by atomic mass is 16.1. The van der Waals surface area contributed by atoms with E-state index in [0.29, 0.717) is 13.1 Å². The molecule has 100 valence electrons. The minimum absolute atomic E-state index is 0.0580. The van der Waals surface area contributed by atoms with Gasteiger partial charge in [-0.15, -0.1) is 0 Å². The summed E-state index contributed by atoms with van der Waals surface area (Å²) in [6.45, 7) is 3.87. The fraction of sp³-hybridized carbons (Fsp3) is 0.312. The van der Waals surface area contributed by atoms with Gasteiger partial charge in [-0.25, -0.2) is 0 Å². The van der Waals surface area contributed by atoms with Crippen LogP contribution in [0.2, 0.25) is 0 Å². The molecule has 0 radical (unpaired) electrons. The van der Waals surface area contributed by atoms with Crippen LogP contribution in [0, 0.1) is 0 Å². The van der Waals surface area contributed by atoms with Crippen LogP contribution < -0.4 is 10.6 Å². The second kappa shape index (κ2) is 6.90. The van der Waals surface area contributed by atoms with E-state index in [1.807, 2.05) is 19.1 Å². The van der Waals surface area contributed by atoms with Gasteiger partial charge in [-0.2, -0.15) is 0 Å². The molecule has 19 heavy (non-hydrogen) atoms. The lowest BCUT2D eigenvalue weighted by Gasteiger charge is -2.07.